The van der Waals surface area contributed by atoms with Gasteiger partial charge in [0.05, 0.1) is 10.6 Å². The van der Waals surface area contributed by atoms with Crippen LogP contribution < -0.4 is 4.90 Å². The van der Waals surface area contributed by atoms with Gasteiger partial charge in [0.25, 0.3) is 0 Å². The molecule has 1 aliphatic carbocycles. The number of hydrogen-bond acceptors (Lipinski definition) is 6. The lowest BCUT2D eigenvalue weighted by Gasteiger charge is -2.39. The molecular weight excluding hydrogens is 460 g/mol. The van der Waals surface area contributed by atoms with Gasteiger partial charge in [0, 0.05) is 58.4 Å². The van der Waals surface area contributed by atoms with E-state index in [0.717, 1.165) is 89.3 Å². The summed E-state index contributed by atoms with van der Waals surface area (Å²) in [6.45, 7) is 6.40. The summed E-state index contributed by atoms with van der Waals surface area (Å²) in [5, 5.41) is 0. The standard InChI is InChI=1S/C27H36N4O3S/c32-27(11-18-35(33,34)25-10-9-23-6-3-7-24(23)19-25)31-13-4-5-22(21-31)20-29-14-16-30(17-15-29)26-8-1-2-12-28-26/h1-2,8-10,12,19,22H,3-7,11,13-18,20-21H2/t22-/m1/s1. The molecule has 7 nitrogen and oxygen atoms in total. The third-order valence-corrected chi connectivity index (χ3v) is 9.46. The second-order valence-corrected chi connectivity index (χ2v) is 12.3. The summed E-state index contributed by atoms with van der Waals surface area (Å²) in [7, 11) is -3.45. The molecule has 8 heteroatoms. The molecule has 3 heterocycles. The molecule has 1 atom stereocenters. The largest absolute Gasteiger partial charge is 0.354 e. The van der Waals surface area contributed by atoms with Crippen LogP contribution in [-0.2, 0) is 27.5 Å². The van der Waals surface area contributed by atoms with E-state index < -0.39 is 9.84 Å². The Hall–Kier alpha value is -2.45. The number of hydrogen-bond donors (Lipinski definition) is 0. The van der Waals surface area contributed by atoms with Gasteiger partial charge in [-0.3, -0.25) is 9.69 Å². The van der Waals surface area contributed by atoms with Crippen LogP contribution in [0.1, 0.15) is 36.8 Å². The molecule has 1 aromatic heterocycles. The lowest BCUT2D eigenvalue weighted by Crippen LogP contribution is -2.50. The van der Waals surface area contributed by atoms with Crippen LogP contribution in [0.15, 0.2) is 47.5 Å². The smallest absolute Gasteiger partial charge is 0.223 e. The number of carbonyl (C=O) groups is 1. The Bertz CT molecular complexity index is 1130. The normalized spacial score (nSPS) is 21.2. The molecule has 1 aromatic carbocycles. The van der Waals surface area contributed by atoms with Crippen LogP contribution in [0.4, 0.5) is 5.82 Å². The van der Waals surface area contributed by atoms with E-state index in [9.17, 15) is 13.2 Å². The molecular formula is C27H36N4O3S. The van der Waals surface area contributed by atoms with Crippen molar-refractivity contribution in [3.8, 4) is 0 Å². The van der Waals surface area contributed by atoms with Crippen LogP contribution in [0.3, 0.4) is 0 Å². The van der Waals surface area contributed by atoms with E-state index in [2.05, 4.69) is 20.9 Å². The van der Waals surface area contributed by atoms with Gasteiger partial charge >= 0.3 is 0 Å². The Morgan fingerprint density at radius 1 is 0.971 bits per heavy atom. The first kappa shape index (κ1) is 24.3. The van der Waals surface area contributed by atoms with Gasteiger partial charge in [-0.2, -0.15) is 0 Å². The summed E-state index contributed by atoms with van der Waals surface area (Å²) < 4.78 is 25.8. The number of piperazine rings is 1. The monoisotopic (exact) mass is 496 g/mol. The fourth-order valence-electron chi connectivity index (χ4n) is 5.75. The molecule has 3 aliphatic rings. The van der Waals surface area contributed by atoms with E-state index >= 15 is 0 Å². The quantitative estimate of drug-likeness (QED) is 0.587. The summed E-state index contributed by atoms with van der Waals surface area (Å²) in [6, 6.07) is 11.5. The number of sulfone groups is 1. The minimum Gasteiger partial charge on any atom is -0.354 e. The van der Waals surface area contributed by atoms with Crippen molar-refractivity contribution in [2.45, 2.75) is 43.4 Å². The number of nitrogens with zero attached hydrogens (tertiary/aromatic N) is 4. The number of pyridine rings is 1. The maximum atomic E-state index is 12.9. The minimum atomic E-state index is -3.45. The molecule has 188 valence electrons. The van der Waals surface area contributed by atoms with E-state index in [0.29, 0.717) is 10.8 Å². The number of amides is 1. The summed E-state index contributed by atoms with van der Waals surface area (Å²) in [5.41, 5.74) is 2.41. The van der Waals surface area contributed by atoms with Gasteiger partial charge in [0.2, 0.25) is 5.91 Å². The maximum absolute atomic E-state index is 12.9. The van der Waals surface area contributed by atoms with Crippen LogP contribution in [0.5, 0.6) is 0 Å². The topological polar surface area (TPSA) is 73.8 Å². The van der Waals surface area contributed by atoms with Crippen molar-refractivity contribution in [3.05, 3.63) is 53.7 Å². The summed E-state index contributed by atoms with van der Waals surface area (Å²) in [5.74, 6) is 1.35. The lowest BCUT2D eigenvalue weighted by atomic mass is 9.97. The van der Waals surface area contributed by atoms with Gasteiger partial charge in [-0.25, -0.2) is 13.4 Å². The summed E-state index contributed by atoms with van der Waals surface area (Å²) >= 11 is 0. The number of aromatic nitrogens is 1. The second kappa shape index (κ2) is 10.7. The van der Waals surface area contributed by atoms with Gasteiger partial charge in [-0.1, -0.05) is 12.1 Å². The number of fused-ring (bicyclic) bond motifs is 1. The first-order chi connectivity index (χ1) is 17.0. The number of benzene rings is 1. The van der Waals surface area contributed by atoms with Gasteiger partial charge in [-0.15, -0.1) is 0 Å². The first-order valence-corrected chi connectivity index (χ1v) is 14.6. The molecule has 2 fully saturated rings. The Balaban J connectivity index is 1.09. The Morgan fingerprint density at radius 2 is 1.80 bits per heavy atom. The number of likely N-dealkylation sites (tertiary alicyclic amines) is 1. The summed E-state index contributed by atoms with van der Waals surface area (Å²) in [6.07, 6.45) is 7.09. The molecule has 2 aliphatic heterocycles. The number of aryl methyl sites for hydroxylation is 2. The predicted molar refractivity (Wildman–Crippen MR) is 137 cm³/mol. The van der Waals surface area contributed by atoms with Crippen molar-refractivity contribution in [2.24, 2.45) is 5.92 Å². The zero-order chi connectivity index (χ0) is 24.3. The first-order valence-electron chi connectivity index (χ1n) is 13.0. The van der Waals surface area contributed by atoms with E-state index in [4.69, 9.17) is 0 Å². The van der Waals surface area contributed by atoms with Crippen LogP contribution in [0, 0.1) is 5.92 Å². The van der Waals surface area contributed by atoms with Gasteiger partial charge in [-0.05, 0) is 73.4 Å². The Kier molecular flexibility index (Phi) is 7.39. The zero-order valence-electron chi connectivity index (χ0n) is 20.4. The Morgan fingerprint density at radius 3 is 2.60 bits per heavy atom. The number of piperidine rings is 1. The van der Waals surface area contributed by atoms with Gasteiger partial charge < -0.3 is 9.80 Å². The molecule has 0 N–H and O–H groups in total. The fraction of sp³-hybridized carbons (Fsp3) is 0.556. The van der Waals surface area contributed by atoms with Crippen LogP contribution >= 0.6 is 0 Å². The van der Waals surface area contributed by atoms with Crippen LogP contribution in [0.25, 0.3) is 0 Å². The molecule has 1 amide bonds. The molecule has 2 saturated heterocycles. The highest BCUT2D eigenvalue weighted by Gasteiger charge is 2.28. The second-order valence-electron chi connectivity index (χ2n) is 10.2. The minimum absolute atomic E-state index is 0.0283. The van der Waals surface area contributed by atoms with Crippen molar-refractivity contribution in [1.82, 2.24) is 14.8 Å². The van der Waals surface area contributed by atoms with E-state index in [1.54, 1.807) is 6.07 Å². The molecule has 0 radical (unpaired) electrons. The van der Waals surface area contributed by atoms with Crippen molar-refractivity contribution in [3.63, 3.8) is 0 Å². The van der Waals surface area contributed by atoms with E-state index in [1.807, 2.05) is 35.4 Å². The van der Waals surface area contributed by atoms with E-state index in [1.165, 1.54) is 5.56 Å². The highest BCUT2D eigenvalue weighted by Crippen LogP contribution is 2.26. The number of rotatable bonds is 7. The van der Waals surface area contributed by atoms with Crippen molar-refractivity contribution in [1.29, 1.82) is 0 Å². The Labute approximate surface area is 209 Å². The number of anilines is 1. The predicted octanol–water partition coefficient (Wildman–Crippen LogP) is 2.79. The third-order valence-electron chi connectivity index (χ3n) is 7.75. The fourth-order valence-corrected chi connectivity index (χ4v) is 7.02. The zero-order valence-corrected chi connectivity index (χ0v) is 21.3. The van der Waals surface area contributed by atoms with Crippen molar-refractivity contribution < 1.29 is 13.2 Å². The molecule has 5 rings (SSSR count). The highest BCUT2D eigenvalue weighted by molar-refractivity contribution is 7.91. The average Bonchev–Trinajstić information content (AvgIpc) is 3.37. The third kappa shape index (κ3) is 5.86. The van der Waals surface area contributed by atoms with Crippen molar-refractivity contribution >= 4 is 21.6 Å². The molecule has 0 spiro atoms. The molecule has 0 unspecified atom stereocenters. The maximum Gasteiger partial charge on any atom is 0.223 e. The molecule has 35 heavy (non-hydrogen) atoms. The van der Waals surface area contributed by atoms with Crippen LogP contribution in [0.2, 0.25) is 0 Å². The SMILES string of the molecule is O=C(CCS(=O)(=O)c1ccc2c(c1)CCC2)N1CCC[C@H](CN2CCN(c3ccccn3)CC2)C1. The van der Waals surface area contributed by atoms with E-state index in [-0.39, 0.29) is 18.1 Å². The molecule has 2 aromatic rings. The molecule has 0 bridgehead atoms. The number of carbonyl (C=O) groups excluding carboxylic acids is 1. The average molecular weight is 497 g/mol. The van der Waals surface area contributed by atoms with Crippen molar-refractivity contribution in [2.75, 3.05) is 56.5 Å². The van der Waals surface area contributed by atoms with Crippen LogP contribution in [-0.4, -0.2) is 80.7 Å². The molecule has 0 saturated carbocycles. The van der Waals surface area contributed by atoms with Gasteiger partial charge in [0.15, 0.2) is 9.84 Å². The highest BCUT2D eigenvalue weighted by atomic mass is 32.2. The summed E-state index contributed by atoms with van der Waals surface area (Å²) in [4.78, 5) is 24.5. The lowest BCUT2D eigenvalue weighted by molar-refractivity contribution is -0.132. The van der Waals surface area contributed by atoms with Gasteiger partial charge in [0.1, 0.15) is 5.82 Å².